The van der Waals surface area contributed by atoms with E-state index in [1.54, 1.807) is 6.08 Å². The molecule has 0 saturated carbocycles. The SMILES string of the molecule is C=C=CC.C=CCC. The van der Waals surface area contributed by atoms with Crippen LogP contribution in [0.2, 0.25) is 0 Å². The molecule has 0 amide bonds. The van der Waals surface area contributed by atoms with Crippen molar-refractivity contribution in [3.8, 4) is 0 Å². The molecule has 0 fully saturated rings. The first-order chi connectivity index (χ1) is 3.83. The van der Waals surface area contributed by atoms with E-state index < -0.39 is 0 Å². The maximum absolute atomic E-state index is 3.48. The van der Waals surface area contributed by atoms with Crippen molar-refractivity contribution >= 4 is 0 Å². The Hall–Kier alpha value is -0.740. The molecule has 0 aliphatic carbocycles. The topological polar surface area (TPSA) is 0 Å². The van der Waals surface area contributed by atoms with Gasteiger partial charge in [-0.2, -0.15) is 0 Å². The second-order valence-corrected chi connectivity index (χ2v) is 1.19. The summed E-state index contributed by atoms with van der Waals surface area (Å²) in [5.74, 6) is 0. The van der Waals surface area contributed by atoms with Gasteiger partial charge < -0.3 is 0 Å². The van der Waals surface area contributed by atoms with Crippen molar-refractivity contribution in [1.82, 2.24) is 0 Å². The first-order valence-electron chi connectivity index (χ1n) is 2.74. The molecule has 0 N–H and O–H groups in total. The Bertz CT molecular complexity index is 74.0. The summed E-state index contributed by atoms with van der Waals surface area (Å²) in [4.78, 5) is 0. The summed E-state index contributed by atoms with van der Waals surface area (Å²) in [6.45, 7) is 10.7. The van der Waals surface area contributed by atoms with Gasteiger partial charge in [0.2, 0.25) is 0 Å². The fourth-order valence-corrected chi connectivity index (χ4v) is 0. The molecule has 0 heteroatoms. The number of hydrogen-bond donors (Lipinski definition) is 0. The molecule has 0 heterocycles. The average molecular weight is 110 g/mol. The molecule has 0 aromatic heterocycles. The quantitative estimate of drug-likeness (QED) is 0.359. The first-order valence-corrected chi connectivity index (χ1v) is 2.74. The highest BCUT2D eigenvalue weighted by molar-refractivity contribution is 4.67. The van der Waals surface area contributed by atoms with Gasteiger partial charge in [0.15, 0.2) is 0 Å². The van der Waals surface area contributed by atoms with Gasteiger partial charge in [0.25, 0.3) is 0 Å². The van der Waals surface area contributed by atoms with E-state index in [2.05, 4.69) is 25.8 Å². The molecule has 0 aliphatic rings. The largest absolute Gasteiger partial charge is 0.133 e. The van der Waals surface area contributed by atoms with Crippen molar-refractivity contribution in [3.05, 3.63) is 31.0 Å². The molecule has 0 nitrogen and oxygen atoms in total. The average Bonchev–Trinajstić information content (AvgIpc) is 1.88. The van der Waals surface area contributed by atoms with E-state index in [1.807, 2.05) is 13.0 Å². The second-order valence-electron chi connectivity index (χ2n) is 1.19. The highest BCUT2D eigenvalue weighted by atomic mass is 13.5. The van der Waals surface area contributed by atoms with Gasteiger partial charge in [0.1, 0.15) is 0 Å². The number of rotatable bonds is 1. The van der Waals surface area contributed by atoms with E-state index in [9.17, 15) is 0 Å². The number of allylic oxidation sites excluding steroid dienone is 2. The summed E-state index contributed by atoms with van der Waals surface area (Å²) in [6, 6.07) is 0. The normalized spacial score (nSPS) is 5.25. The van der Waals surface area contributed by atoms with Gasteiger partial charge in [-0.1, -0.05) is 19.6 Å². The summed E-state index contributed by atoms with van der Waals surface area (Å²) in [5, 5.41) is 0. The predicted octanol–water partition coefficient (Wildman–Crippen LogP) is 2.93. The minimum absolute atomic E-state index is 1.08. The van der Waals surface area contributed by atoms with Crippen molar-refractivity contribution in [1.29, 1.82) is 0 Å². The fourth-order valence-electron chi connectivity index (χ4n) is 0. The predicted molar refractivity (Wildman–Crippen MR) is 39.9 cm³/mol. The van der Waals surface area contributed by atoms with E-state index in [0.717, 1.165) is 6.42 Å². The van der Waals surface area contributed by atoms with Crippen molar-refractivity contribution < 1.29 is 0 Å². The monoisotopic (exact) mass is 110 g/mol. The minimum Gasteiger partial charge on any atom is -0.133 e. The van der Waals surface area contributed by atoms with Crippen LogP contribution in [0.1, 0.15) is 20.3 Å². The highest BCUT2D eigenvalue weighted by Crippen LogP contribution is 1.66. The molecule has 0 saturated heterocycles. The Morgan fingerprint density at radius 2 is 1.88 bits per heavy atom. The maximum Gasteiger partial charge on any atom is -0.0382 e. The van der Waals surface area contributed by atoms with Gasteiger partial charge in [-0.3, -0.25) is 0 Å². The highest BCUT2D eigenvalue weighted by Gasteiger charge is 1.45. The summed E-state index contributed by atoms with van der Waals surface area (Å²) < 4.78 is 0. The lowest BCUT2D eigenvalue weighted by molar-refractivity contribution is 1.23. The van der Waals surface area contributed by atoms with Crippen molar-refractivity contribution in [2.45, 2.75) is 20.3 Å². The zero-order valence-electron chi connectivity index (χ0n) is 5.78. The molecule has 0 bridgehead atoms. The fraction of sp³-hybridized carbons (Fsp3) is 0.375. The lowest BCUT2D eigenvalue weighted by Gasteiger charge is -1.57. The molecule has 0 aromatic rings. The second kappa shape index (κ2) is 16.3. The van der Waals surface area contributed by atoms with Gasteiger partial charge in [-0.15, -0.1) is 12.3 Å². The summed E-state index contributed by atoms with van der Waals surface area (Å²) in [7, 11) is 0. The van der Waals surface area contributed by atoms with Gasteiger partial charge in [-0.25, -0.2) is 0 Å². The van der Waals surface area contributed by atoms with Crippen LogP contribution in [0.5, 0.6) is 0 Å². The zero-order valence-corrected chi connectivity index (χ0v) is 5.78. The molecule has 8 heavy (non-hydrogen) atoms. The maximum atomic E-state index is 3.48. The van der Waals surface area contributed by atoms with Crippen molar-refractivity contribution in [2.24, 2.45) is 0 Å². The molecule has 0 rings (SSSR count). The van der Waals surface area contributed by atoms with Crippen LogP contribution in [0.4, 0.5) is 0 Å². The molecule has 46 valence electrons. The van der Waals surface area contributed by atoms with E-state index in [0.29, 0.717) is 0 Å². The van der Waals surface area contributed by atoms with E-state index >= 15 is 0 Å². The summed E-state index contributed by atoms with van der Waals surface area (Å²) in [6.07, 6.45) is 4.72. The van der Waals surface area contributed by atoms with Crippen LogP contribution in [0.15, 0.2) is 31.0 Å². The Balaban J connectivity index is 0. The Morgan fingerprint density at radius 1 is 1.62 bits per heavy atom. The molecular weight excluding hydrogens is 96.1 g/mol. The molecule has 0 spiro atoms. The van der Waals surface area contributed by atoms with E-state index in [4.69, 9.17) is 0 Å². The standard InChI is InChI=1S/C4H8.C4H6/c2*1-3-4-2/h3H,1,4H2,2H3;4H,1H2,2H3. The molecule has 0 aliphatic heterocycles. The first kappa shape index (κ1) is 10.3. The van der Waals surface area contributed by atoms with Crippen LogP contribution in [-0.2, 0) is 0 Å². The van der Waals surface area contributed by atoms with Crippen LogP contribution in [0.25, 0.3) is 0 Å². The van der Waals surface area contributed by atoms with Gasteiger partial charge in [0.05, 0.1) is 0 Å². The van der Waals surface area contributed by atoms with Crippen LogP contribution < -0.4 is 0 Å². The summed E-state index contributed by atoms with van der Waals surface area (Å²) >= 11 is 0. The van der Waals surface area contributed by atoms with Crippen molar-refractivity contribution in [2.75, 3.05) is 0 Å². The molecule has 0 unspecified atom stereocenters. The van der Waals surface area contributed by atoms with Gasteiger partial charge >= 0.3 is 0 Å². The summed E-state index contributed by atoms with van der Waals surface area (Å²) in [5.41, 5.74) is 2.56. The van der Waals surface area contributed by atoms with Crippen LogP contribution >= 0.6 is 0 Å². The third-order valence-corrected chi connectivity index (χ3v) is 0.493. The molecule has 0 atom stereocenters. The van der Waals surface area contributed by atoms with E-state index in [1.165, 1.54) is 0 Å². The Morgan fingerprint density at radius 3 is 1.88 bits per heavy atom. The van der Waals surface area contributed by atoms with Crippen LogP contribution in [0, 0.1) is 0 Å². The minimum atomic E-state index is 1.08. The van der Waals surface area contributed by atoms with Crippen molar-refractivity contribution in [3.63, 3.8) is 0 Å². The molecular formula is C8H14. The van der Waals surface area contributed by atoms with Gasteiger partial charge in [-0.05, 0) is 19.4 Å². The Kier molecular flexibility index (Phi) is 20.9. The third-order valence-electron chi connectivity index (χ3n) is 0.493. The lowest BCUT2D eigenvalue weighted by Crippen LogP contribution is -1.36. The van der Waals surface area contributed by atoms with Gasteiger partial charge in [0, 0.05) is 0 Å². The molecule has 0 aromatic carbocycles. The lowest BCUT2D eigenvalue weighted by atomic mass is 10.5. The molecule has 0 radical (unpaired) electrons. The van der Waals surface area contributed by atoms with Crippen LogP contribution in [-0.4, -0.2) is 0 Å². The smallest absolute Gasteiger partial charge is 0.0382 e. The Labute approximate surface area is 52.2 Å². The number of hydrogen-bond acceptors (Lipinski definition) is 0. The van der Waals surface area contributed by atoms with Crippen LogP contribution in [0.3, 0.4) is 0 Å². The third kappa shape index (κ3) is 60.1. The zero-order chi connectivity index (χ0) is 6.83. The van der Waals surface area contributed by atoms with E-state index in [-0.39, 0.29) is 0 Å².